The fraction of sp³-hybridized carbons (Fsp3) is 0.438. The Labute approximate surface area is 141 Å². The van der Waals surface area contributed by atoms with Crippen LogP contribution in [0, 0.1) is 13.8 Å². The van der Waals surface area contributed by atoms with Gasteiger partial charge in [0.15, 0.2) is 0 Å². The molecule has 1 aromatic heterocycles. The summed E-state index contributed by atoms with van der Waals surface area (Å²) in [6, 6.07) is 8.23. The highest BCUT2D eigenvalue weighted by molar-refractivity contribution is 6.30. The van der Waals surface area contributed by atoms with Gasteiger partial charge in [0.25, 0.3) is 0 Å². The summed E-state index contributed by atoms with van der Waals surface area (Å²) in [5, 5.41) is 5.03. The van der Waals surface area contributed by atoms with Crippen molar-refractivity contribution < 1.29 is 0 Å². The lowest BCUT2D eigenvalue weighted by Crippen LogP contribution is -2.34. The van der Waals surface area contributed by atoms with Crippen molar-refractivity contribution in [3.63, 3.8) is 0 Å². The van der Waals surface area contributed by atoms with Crippen LogP contribution in [0.2, 0.25) is 5.15 Å². The Kier molecular flexibility index (Phi) is 5.24. The maximum Gasteiger partial charge on any atom is 0.130 e. The monoisotopic (exact) mass is 344 g/mol. The zero-order chi connectivity index (χ0) is 15.6. The lowest BCUT2D eigenvalue weighted by atomic mass is 9.77. The minimum atomic E-state index is -0.341. The predicted octanol–water partition coefficient (Wildman–Crippen LogP) is 4.65. The van der Waals surface area contributed by atoms with Gasteiger partial charge in [-0.05, 0) is 31.4 Å². The Morgan fingerprint density at radius 3 is 2.24 bits per heavy atom. The molecule has 0 aliphatic carbocycles. The van der Waals surface area contributed by atoms with Gasteiger partial charge in [0, 0.05) is 29.8 Å². The van der Waals surface area contributed by atoms with Crippen molar-refractivity contribution in [2.24, 2.45) is 7.05 Å². The molecule has 1 aromatic carbocycles. The van der Waals surface area contributed by atoms with Gasteiger partial charge in [-0.25, -0.2) is 0 Å². The first-order valence-corrected chi connectivity index (χ1v) is 8.26. The number of hydrogen-bond donors (Lipinski definition) is 0. The van der Waals surface area contributed by atoms with Gasteiger partial charge in [-0.15, -0.1) is 23.2 Å². The zero-order valence-electron chi connectivity index (χ0n) is 12.5. The predicted molar refractivity (Wildman–Crippen MR) is 91.0 cm³/mol. The van der Waals surface area contributed by atoms with Crippen LogP contribution in [0.1, 0.15) is 22.4 Å². The highest BCUT2D eigenvalue weighted by Crippen LogP contribution is 2.36. The first-order chi connectivity index (χ1) is 9.95. The average Bonchev–Trinajstić information content (AvgIpc) is 2.71. The molecule has 0 fully saturated rings. The van der Waals surface area contributed by atoms with Crippen LogP contribution in [0.3, 0.4) is 0 Å². The second-order valence-electron chi connectivity index (χ2n) is 5.52. The highest BCUT2D eigenvalue weighted by atomic mass is 35.5. The smallest absolute Gasteiger partial charge is 0.130 e. The average molecular weight is 346 g/mol. The lowest BCUT2D eigenvalue weighted by molar-refractivity contribution is 0.531. The quantitative estimate of drug-likeness (QED) is 0.721. The minimum Gasteiger partial charge on any atom is -0.257 e. The van der Waals surface area contributed by atoms with Crippen molar-refractivity contribution in [3.8, 4) is 0 Å². The molecule has 2 nitrogen and oxygen atoms in total. The first-order valence-electron chi connectivity index (χ1n) is 6.81. The third kappa shape index (κ3) is 3.08. The van der Waals surface area contributed by atoms with Crippen molar-refractivity contribution in [3.05, 3.63) is 51.8 Å². The standard InChI is InChI=1S/C16H19Cl3N2/c1-11-6-4-5-7-14(11)16(9-17,10-18)8-13-12(2)20-21(3)15(13)19/h4-7H,8-10H2,1-3H3. The van der Waals surface area contributed by atoms with E-state index >= 15 is 0 Å². The van der Waals surface area contributed by atoms with Gasteiger partial charge in [-0.2, -0.15) is 5.10 Å². The van der Waals surface area contributed by atoms with E-state index in [2.05, 4.69) is 24.2 Å². The van der Waals surface area contributed by atoms with E-state index in [1.165, 1.54) is 11.1 Å². The largest absolute Gasteiger partial charge is 0.257 e. The van der Waals surface area contributed by atoms with E-state index in [-0.39, 0.29) is 5.41 Å². The van der Waals surface area contributed by atoms with E-state index in [4.69, 9.17) is 34.8 Å². The summed E-state index contributed by atoms with van der Waals surface area (Å²) in [6.07, 6.45) is 0.684. The molecule has 2 aromatic rings. The van der Waals surface area contributed by atoms with Crippen LogP contribution < -0.4 is 0 Å². The second-order valence-corrected chi connectivity index (χ2v) is 6.41. The molecule has 1 heterocycles. The molecule has 0 aliphatic heterocycles. The Morgan fingerprint density at radius 2 is 1.76 bits per heavy atom. The molecule has 114 valence electrons. The van der Waals surface area contributed by atoms with E-state index in [1.807, 2.05) is 26.1 Å². The molecule has 0 aliphatic rings. The summed E-state index contributed by atoms with van der Waals surface area (Å²) in [7, 11) is 1.84. The van der Waals surface area contributed by atoms with E-state index in [9.17, 15) is 0 Å². The van der Waals surface area contributed by atoms with Gasteiger partial charge in [0.05, 0.1) is 5.69 Å². The topological polar surface area (TPSA) is 17.8 Å². The number of halogens is 3. The molecule has 21 heavy (non-hydrogen) atoms. The number of benzene rings is 1. The van der Waals surface area contributed by atoms with Gasteiger partial charge >= 0.3 is 0 Å². The summed E-state index contributed by atoms with van der Waals surface area (Å²) in [6.45, 7) is 4.05. The number of hydrogen-bond acceptors (Lipinski definition) is 1. The number of alkyl halides is 2. The Balaban J connectivity index is 2.51. The third-order valence-electron chi connectivity index (χ3n) is 4.01. The van der Waals surface area contributed by atoms with Crippen molar-refractivity contribution in [1.29, 1.82) is 0 Å². The number of rotatable bonds is 5. The Hall–Kier alpha value is -0.700. The third-order valence-corrected chi connectivity index (χ3v) is 5.51. The van der Waals surface area contributed by atoms with Gasteiger partial charge in [0.1, 0.15) is 5.15 Å². The van der Waals surface area contributed by atoms with Crippen molar-refractivity contribution in [2.45, 2.75) is 25.7 Å². The van der Waals surface area contributed by atoms with Crippen LogP contribution in [0.4, 0.5) is 0 Å². The van der Waals surface area contributed by atoms with Crippen molar-refractivity contribution in [2.75, 3.05) is 11.8 Å². The normalized spacial score (nSPS) is 11.9. The minimum absolute atomic E-state index is 0.341. The second kappa shape index (κ2) is 6.60. The SMILES string of the molecule is Cc1ccccc1C(CCl)(CCl)Cc1c(C)nn(C)c1Cl. The number of aromatic nitrogens is 2. The maximum atomic E-state index is 6.38. The molecule has 2 rings (SSSR count). The van der Waals surface area contributed by atoms with Gasteiger partial charge in [0.2, 0.25) is 0 Å². The van der Waals surface area contributed by atoms with Crippen LogP contribution in [0.25, 0.3) is 0 Å². The molecule has 0 saturated carbocycles. The molecule has 0 saturated heterocycles. The zero-order valence-corrected chi connectivity index (χ0v) is 14.7. The molecule has 0 bridgehead atoms. The number of nitrogens with zero attached hydrogens (tertiary/aromatic N) is 2. The maximum absolute atomic E-state index is 6.38. The summed E-state index contributed by atoms with van der Waals surface area (Å²) in [5.74, 6) is 0.873. The Bertz CT molecular complexity index is 630. The highest BCUT2D eigenvalue weighted by Gasteiger charge is 2.34. The van der Waals surface area contributed by atoms with Crippen LogP contribution in [-0.4, -0.2) is 21.5 Å². The summed E-state index contributed by atoms with van der Waals surface area (Å²) < 4.78 is 1.69. The Morgan fingerprint density at radius 1 is 1.14 bits per heavy atom. The van der Waals surface area contributed by atoms with Crippen molar-refractivity contribution in [1.82, 2.24) is 9.78 Å². The van der Waals surface area contributed by atoms with Crippen LogP contribution in [0.15, 0.2) is 24.3 Å². The molecule has 0 unspecified atom stereocenters. The van der Waals surface area contributed by atoms with E-state index in [1.54, 1.807) is 4.68 Å². The van der Waals surface area contributed by atoms with Gasteiger partial charge in [-0.3, -0.25) is 4.68 Å². The van der Waals surface area contributed by atoms with E-state index < -0.39 is 0 Å². The van der Waals surface area contributed by atoms with Crippen LogP contribution >= 0.6 is 34.8 Å². The molecular formula is C16H19Cl3N2. The van der Waals surface area contributed by atoms with Gasteiger partial charge < -0.3 is 0 Å². The molecule has 0 radical (unpaired) electrons. The molecule has 0 spiro atoms. The molecule has 0 atom stereocenters. The summed E-state index contributed by atoms with van der Waals surface area (Å²) in [4.78, 5) is 0. The fourth-order valence-corrected chi connectivity index (χ4v) is 3.75. The van der Waals surface area contributed by atoms with E-state index in [0.29, 0.717) is 23.3 Å². The van der Waals surface area contributed by atoms with E-state index in [0.717, 1.165) is 11.3 Å². The van der Waals surface area contributed by atoms with Crippen molar-refractivity contribution >= 4 is 34.8 Å². The van der Waals surface area contributed by atoms with Crippen LogP contribution in [0.5, 0.6) is 0 Å². The molecule has 0 amide bonds. The van der Waals surface area contributed by atoms with Gasteiger partial charge in [-0.1, -0.05) is 35.9 Å². The lowest BCUT2D eigenvalue weighted by Gasteiger charge is -2.32. The summed E-state index contributed by atoms with van der Waals surface area (Å²) in [5.41, 5.74) is 3.97. The molecule has 0 N–H and O–H groups in total. The molecular weight excluding hydrogens is 327 g/mol. The van der Waals surface area contributed by atoms with Crippen LogP contribution in [-0.2, 0) is 18.9 Å². The summed E-state index contributed by atoms with van der Waals surface area (Å²) >= 11 is 19.1. The fourth-order valence-electron chi connectivity index (χ4n) is 2.75. The molecule has 5 heteroatoms. The number of aryl methyl sites for hydroxylation is 3. The first kappa shape index (κ1) is 16.7.